The fourth-order valence-corrected chi connectivity index (χ4v) is 3.59. The molecular formula is C15H21NO. The van der Waals surface area contributed by atoms with Gasteiger partial charge < -0.3 is 5.11 Å². The molecule has 2 bridgehead atoms. The van der Waals surface area contributed by atoms with Gasteiger partial charge in [-0.2, -0.15) is 0 Å². The highest BCUT2D eigenvalue weighted by molar-refractivity contribution is 5.15. The van der Waals surface area contributed by atoms with Crippen LogP contribution in [-0.4, -0.2) is 28.7 Å². The van der Waals surface area contributed by atoms with E-state index in [9.17, 15) is 5.11 Å². The third kappa shape index (κ3) is 2.24. The van der Waals surface area contributed by atoms with Crippen molar-refractivity contribution >= 4 is 0 Å². The summed E-state index contributed by atoms with van der Waals surface area (Å²) in [6.07, 6.45) is 5.04. The fraction of sp³-hybridized carbons (Fsp3) is 0.600. The number of aliphatic hydroxyl groups is 1. The quantitative estimate of drug-likeness (QED) is 0.863. The largest absolute Gasteiger partial charge is 0.396 e. The third-order valence-corrected chi connectivity index (χ3v) is 4.45. The molecule has 2 aliphatic heterocycles. The van der Waals surface area contributed by atoms with Gasteiger partial charge in [0.15, 0.2) is 0 Å². The predicted octanol–water partition coefficient (Wildman–Crippen LogP) is 2.42. The Morgan fingerprint density at radius 3 is 2.29 bits per heavy atom. The van der Waals surface area contributed by atoms with E-state index in [0.29, 0.717) is 24.6 Å². The second-order valence-electron chi connectivity index (χ2n) is 5.56. The van der Waals surface area contributed by atoms with Crippen LogP contribution in [0.3, 0.4) is 0 Å². The highest BCUT2D eigenvalue weighted by Gasteiger charge is 2.39. The number of rotatable bonds is 3. The molecule has 1 aromatic carbocycles. The van der Waals surface area contributed by atoms with Crippen molar-refractivity contribution in [3.05, 3.63) is 35.9 Å². The molecule has 0 amide bonds. The Hall–Kier alpha value is -0.860. The van der Waals surface area contributed by atoms with Gasteiger partial charge in [-0.1, -0.05) is 30.3 Å². The van der Waals surface area contributed by atoms with E-state index in [2.05, 4.69) is 35.2 Å². The summed E-state index contributed by atoms with van der Waals surface area (Å²) in [6, 6.07) is 12.2. The molecule has 0 radical (unpaired) electrons. The molecule has 17 heavy (non-hydrogen) atoms. The van der Waals surface area contributed by atoms with E-state index in [4.69, 9.17) is 0 Å². The average Bonchev–Trinajstić information content (AvgIpc) is 2.63. The van der Waals surface area contributed by atoms with Crippen LogP contribution >= 0.6 is 0 Å². The molecule has 2 atom stereocenters. The lowest BCUT2D eigenvalue weighted by atomic mass is 9.91. The van der Waals surface area contributed by atoms with E-state index >= 15 is 0 Å². The molecule has 1 aromatic rings. The molecule has 92 valence electrons. The van der Waals surface area contributed by atoms with Crippen LogP contribution in [0, 0.1) is 5.92 Å². The van der Waals surface area contributed by atoms with Crippen LogP contribution in [0.1, 0.15) is 31.2 Å². The van der Waals surface area contributed by atoms with Gasteiger partial charge in [0, 0.05) is 25.2 Å². The summed E-state index contributed by atoms with van der Waals surface area (Å²) < 4.78 is 0. The Labute approximate surface area is 103 Å². The summed E-state index contributed by atoms with van der Waals surface area (Å²) >= 11 is 0. The average molecular weight is 231 g/mol. The maximum absolute atomic E-state index is 9.31. The van der Waals surface area contributed by atoms with Crippen molar-refractivity contribution in [1.82, 2.24) is 4.90 Å². The SMILES string of the molecule is OCC1C[C@@H]2CC[C@@H](C1)N2Cc1ccccc1. The Balaban J connectivity index is 1.69. The number of aliphatic hydroxyl groups excluding tert-OH is 1. The molecule has 0 spiro atoms. The first-order chi connectivity index (χ1) is 8.36. The normalized spacial score (nSPS) is 32.9. The summed E-state index contributed by atoms with van der Waals surface area (Å²) in [4.78, 5) is 2.67. The van der Waals surface area contributed by atoms with Crippen LogP contribution in [0.4, 0.5) is 0 Å². The monoisotopic (exact) mass is 231 g/mol. The molecule has 0 unspecified atom stereocenters. The predicted molar refractivity (Wildman–Crippen MR) is 68.6 cm³/mol. The van der Waals surface area contributed by atoms with Crippen LogP contribution in [-0.2, 0) is 6.54 Å². The van der Waals surface area contributed by atoms with Crippen molar-refractivity contribution in [2.24, 2.45) is 5.92 Å². The first-order valence-electron chi connectivity index (χ1n) is 6.77. The summed E-state index contributed by atoms with van der Waals surface area (Å²) in [5, 5.41) is 9.31. The van der Waals surface area contributed by atoms with E-state index < -0.39 is 0 Å². The summed E-state index contributed by atoms with van der Waals surface area (Å²) in [6.45, 7) is 1.47. The van der Waals surface area contributed by atoms with Gasteiger partial charge in [0.1, 0.15) is 0 Å². The zero-order valence-corrected chi connectivity index (χ0v) is 10.3. The number of hydrogen-bond donors (Lipinski definition) is 1. The van der Waals surface area contributed by atoms with Gasteiger partial charge in [0.2, 0.25) is 0 Å². The molecule has 2 heteroatoms. The standard InChI is InChI=1S/C15H21NO/c17-11-13-8-14-6-7-15(9-13)16(14)10-12-4-2-1-3-5-12/h1-5,13-15,17H,6-11H2/t14-,15-/m0/s1. The minimum Gasteiger partial charge on any atom is -0.396 e. The van der Waals surface area contributed by atoms with E-state index in [1.165, 1.54) is 31.2 Å². The number of benzene rings is 1. The van der Waals surface area contributed by atoms with Crippen LogP contribution in [0.25, 0.3) is 0 Å². The van der Waals surface area contributed by atoms with Gasteiger partial charge >= 0.3 is 0 Å². The molecule has 2 saturated heterocycles. The zero-order chi connectivity index (χ0) is 11.7. The Morgan fingerprint density at radius 2 is 1.71 bits per heavy atom. The van der Waals surface area contributed by atoms with Crippen LogP contribution < -0.4 is 0 Å². The molecule has 0 saturated carbocycles. The van der Waals surface area contributed by atoms with E-state index in [-0.39, 0.29) is 0 Å². The van der Waals surface area contributed by atoms with Gasteiger partial charge in [0.25, 0.3) is 0 Å². The highest BCUT2D eigenvalue weighted by Crippen LogP contribution is 2.39. The second kappa shape index (κ2) is 4.79. The van der Waals surface area contributed by atoms with Crippen molar-refractivity contribution in [2.45, 2.75) is 44.3 Å². The van der Waals surface area contributed by atoms with Crippen molar-refractivity contribution < 1.29 is 5.11 Å². The Morgan fingerprint density at radius 1 is 1.06 bits per heavy atom. The highest BCUT2D eigenvalue weighted by atomic mass is 16.3. The minimum atomic E-state index is 0.381. The van der Waals surface area contributed by atoms with E-state index in [1.54, 1.807) is 0 Å². The maximum Gasteiger partial charge on any atom is 0.0460 e. The molecule has 1 N–H and O–H groups in total. The van der Waals surface area contributed by atoms with E-state index in [1.807, 2.05) is 0 Å². The van der Waals surface area contributed by atoms with Gasteiger partial charge in [-0.05, 0) is 37.2 Å². The second-order valence-corrected chi connectivity index (χ2v) is 5.56. The van der Waals surface area contributed by atoms with Crippen LogP contribution in [0.5, 0.6) is 0 Å². The molecule has 2 heterocycles. The van der Waals surface area contributed by atoms with Crippen molar-refractivity contribution in [1.29, 1.82) is 0 Å². The van der Waals surface area contributed by atoms with Gasteiger partial charge in [-0.3, -0.25) is 4.90 Å². The van der Waals surface area contributed by atoms with Crippen LogP contribution in [0.2, 0.25) is 0 Å². The van der Waals surface area contributed by atoms with Crippen molar-refractivity contribution in [2.75, 3.05) is 6.61 Å². The number of nitrogens with zero attached hydrogens (tertiary/aromatic N) is 1. The molecule has 3 rings (SSSR count). The van der Waals surface area contributed by atoms with Crippen molar-refractivity contribution in [3.8, 4) is 0 Å². The molecular weight excluding hydrogens is 210 g/mol. The fourth-order valence-electron chi connectivity index (χ4n) is 3.59. The first kappa shape index (κ1) is 11.2. The van der Waals surface area contributed by atoms with Crippen LogP contribution in [0.15, 0.2) is 30.3 Å². The number of hydrogen-bond acceptors (Lipinski definition) is 2. The smallest absolute Gasteiger partial charge is 0.0460 e. The minimum absolute atomic E-state index is 0.381. The third-order valence-electron chi connectivity index (χ3n) is 4.45. The molecule has 0 aromatic heterocycles. The topological polar surface area (TPSA) is 23.5 Å². The summed E-state index contributed by atoms with van der Waals surface area (Å²) in [7, 11) is 0. The lowest BCUT2D eigenvalue weighted by molar-refractivity contribution is 0.0683. The van der Waals surface area contributed by atoms with Gasteiger partial charge in [0.05, 0.1) is 0 Å². The van der Waals surface area contributed by atoms with Gasteiger partial charge in [-0.15, -0.1) is 0 Å². The molecule has 2 fully saturated rings. The maximum atomic E-state index is 9.31. The lowest BCUT2D eigenvalue weighted by Crippen LogP contribution is -2.43. The molecule has 2 aliphatic rings. The summed E-state index contributed by atoms with van der Waals surface area (Å²) in [5.74, 6) is 0.555. The van der Waals surface area contributed by atoms with Crippen molar-refractivity contribution in [3.63, 3.8) is 0 Å². The summed E-state index contributed by atoms with van der Waals surface area (Å²) in [5.41, 5.74) is 1.42. The Kier molecular flexibility index (Phi) is 3.17. The Bertz CT molecular complexity index is 350. The zero-order valence-electron chi connectivity index (χ0n) is 10.3. The van der Waals surface area contributed by atoms with Gasteiger partial charge in [-0.25, -0.2) is 0 Å². The molecule has 0 aliphatic carbocycles. The van der Waals surface area contributed by atoms with E-state index in [0.717, 1.165) is 6.54 Å². The lowest BCUT2D eigenvalue weighted by Gasteiger charge is -2.38. The first-order valence-corrected chi connectivity index (χ1v) is 6.77. The number of fused-ring (bicyclic) bond motifs is 2. The molecule has 2 nitrogen and oxygen atoms in total. The number of piperidine rings is 1.